The predicted octanol–water partition coefficient (Wildman–Crippen LogP) is 5.56. The highest BCUT2D eigenvalue weighted by Gasteiger charge is 2.17. The number of nitrogens with zero attached hydrogens (tertiary/aromatic N) is 2. The van der Waals surface area contributed by atoms with Gasteiger partial charge in [-0.2, -0.15) is 5.10 Å². The lowest BCUT2D eigenvalue weighted by Gasteiger charge is -2.04. The largest absolute Gasteiger partial charge is 0.298 e. The van der Waals surface area contributed by atoms with E-state index in [9.17, 15) is 9.18 Å². The first kappa shape index (κ1) is 16.2. The minimum Gasteiger partial charge on any atom is -0.298 e. The molecular weight excluding hydrogens is 406 g/mol. The monoisotopic (exact) mass is 412 g/mol. The number of halogens is 4. The zero-order valence-electron chi connectivity index (χ0n) is 11.4. The van der Waals surface area contributed by atoms with Gasteiger partial charge in [-0.3, -0.25) is 4.79 Å². The van der Waals surface area contributed by atoms with Crippen LogP contribution in [0.1, 0.15) is 10.4 Å². The molecule has 1 aromatic heterocycles. The van der Waals surface area contributed by atoms with Crippen LogP contribution >= 0.6 is 39.1 Å². The van der Waals surface area contributed by atoms with Crippen LogP contribution in [0.15, 0.2) is 47.1 Å². The zero-order valence-corrected chi connectivity index (χ0v) is 14.5. The fraction of sp³-hybridized carbons (Fsp3) is 0. The molecule has 116 valence electrons. The maximum absolute atomic E-state index is 13.7. The third-order valence-electron chi connectivity index (χ3n) is 3.23. The molecular formula is C16H8BrCl2FN2O. The minimum atomic E-state index is -0.624. The van der Waals surface area contributed by atoms with Gasteiger partial charge in [0.25, 0.3) is 0 Å². The van der Waals surface area contributed by atoms with Crippen LogP contribution in [0.5, 0.6) is 0 Å². The number of benzene rings is 2. The van der Waals surface area contributed by atoms with Crippen molar-refractivity contribution in [1.82, 2.24) is 9.78 Å². The SMILES string of the molecule is O=Cc1cn(-c2ccc(Br)cc2)nc1-c1cc(F)c(Cl)cc1Cl. The zero-order chi connectivity index (χ0) is 16.6. The van der Waals surface area contributed by atoms with Crippen molar-refractivity contribution in [3.05, 3.63) is 68.5 Å². The summed E-state index contributed by atoms with van der Waals surface area (Å²) in [5.41, 5.74) is 1.67. The summed E-state index contributed by atoms with van der Waals surface area (Å²) in [6, 6.07) is 9.84. The molecule has 0 saturated heterocycles. The topological polar surface area (TPSA) is 34.9 Å². The first-order valence-electron chi connectivity index (χ1n) is 6.45. The molecule has 0 radical (unpaired) electrons. The van der Waals surface area contributed by atoms with E-state index in [1.807, 2.05) is 24.3 Å². The second-order valence-electron chi connectivity index (χ2n) is 4.72. The summed E-state index contributed by atoms with van der Waals surface area (Å²) in [4.78, 5) is 11.3. The van der Waals surface area contributed by atoms with Crippen molar-refractivity contribution in [2.45, 2.75) is 0 Å². The van der Waals surface area contributed by atoms with E-state index in [2.05, 4.69) is 21.0 Å². The van der Waals surface area contributed by atoms with Crippen molar-refractivity contribution in [1.29, 1.82) is 0 Å². The van der Waals surface area contributed by atoms with Crippen LogP contribution in [0, 0.1) is 5.82 Å². The van der Waals surface area contributed by atoms with Gasteiger partial charge in [0.2, 0.25) is 0 Å². The molecule has 0 N–H and O–H groups in total. The first-order chi connectivity index (χ1) is 11.0. The van der Waals surface area contributed by atoms with Crippen LogP contribution in [-0.2, 0) is 0 Å². The average molecular weight is 414 g/mol. The molecule has 3 aromatic rings. The lowest BCUT2D eigenvalue weighted by atomic mass is 10.1. The van der Waals surface area contributed by atoms with Crippen molar-refractivity contribution in [2.24, 2.45) is 0 Å². The Kier molecular flexibility index (Phi) is 4.53. The van der Waals surface area contributed by atoms with Crippen molar-refractivity contribution in [3.63, 3.8) is 0 Å². The Morgan fingerprint density at radius 3 is 2.48 bits per heavy atom. The van der Waals surface area contributed by atoms with E-state index in [0.717, 1.165) is 10.2 Å². The maximum Gasteiger partial charge on any atom is 0.153 e. The highest BCUT2D eigenvalue weighted by Crippen LogP contribution is 2.33. The van der Waals surface area contributed by atoms with Gasteiger partial charge in [-0.15, -0.1) is 0 Å². The summed E-state index contributed by atoms with van der Waals surface area (Å²) in [6.07, 6.45) is 2.22. The Morgan fingerprint density at radius 2 is 1.83 bits per heavy atom. The molecule has 0 fully saturated rings. The summed E-state index contributed by atoms with van der Waals surface area (Å²) in [7, 11) is 0. The molecule has 0 aliphatic rings. The van der Waals surface area contributed by atoms with Gasteiger partial charge < -0.3 is 0 Å². The van der Waals surface area contributed by atoms with Crippen molar-refractivity contribution in [2.75, 3.05) is 0 Å². The molecule has 2 aromatic carbocycles. The second kappa shape index (κ2) is 6.43. The van der Waals surface area contributed by atoms with E-state index < -0.39 is 5.82 Å². The highest BCUT2D eigenvalue weighted by molar-refractivity contribution is 9.10. The molecule has 0 amide bonds. The number of hydrogen-bond donors (Lipinski definition) is 0. The van der Waals surface area contributed by atoms with Gasteiger partial charge in [-0.05, 0) is 36.4 Å². The fourth-order valence-corrected chi connectivity index (χ4v) is 2.85. The Labute approximate surface area is 149 Å². The summed E-state index contributed by atoms with van der Waals surface area (Å²) in [6.45, 7) is 0. The van der Waals surface area contributed by atoms with Crippen LogP contribution in [0.4, 0.5) is 4.39 Å². The number of carbonyl (C=O) groups excluding carboxylic acids is 1. The molecule has 0 atom stereocenters. The van der Waals surface area contributed by atoms with E-state index in [-0.39, 0.29) is 10.0 Å². The smallest absolute Gasteiger partial charge is 0.153 e. The standard InChI is InChI=1S/C16H8BrCl2FN2O/c17-10-1-3-11(4-2-10)22-7-9(8-23)16(21-22)12-5-15(20)14(19)6-13(12)18/h1-8H. The van der Waals surface area contributed by atoms with Crippen molar-refractivity contribution < 1.29 is 9.18 Å². The fourth-order valence-electron chi connectivity index (χ4n) is 2.11. The number of carbonyl (C=O) groups is 1. The predicted molar refractivity (Wildman–Crippen MR) is 92.1 cm³/mol. The number of aromatic nitrogens is 2. The summed E-state index contributed by atoms with van der Waals surface area (Å²) in [5, 5.41) is 4.50. The molecule has 0 aliphatic carbocycles. The molecule has 3 rings (SSSR count). The second-order valence-corrected chi connectivity index (χ2v) is 6.45. The molecule has 0 aliphatic heterocycles. The Hall–Kier alpha value is -1.69. The third-order valence-corrected chi connectivity index (χ3v) is 4.36. The molecule has 23 heavy (non-hydrogen) atoms. The van der Waals surface area contributed by atoms with E-state index in [0.29, 0.717) is 23.1 Å². The average Bonchev–Trinajstić information content (AvgIpc) is 2.95. The van der Waals surface area contributed by atoms with E-state index in [4.69, 9.17) is 23.2 Å². The first-order valence-corrected chi connectivity index (χ1v) is 8.00. The molecule has 3 nitrogen and oxygen atoms in total. The lowest BCUT2D eigenvalue weighted by molar-refractivity contribution is 0.112. The van der Waals surface area contributed by atoms with E-state index in [1.54, 1.807) is 6.20 Å². The van der Waals surface area contributed by atoms with Crippen LogP contribution in [0.3, 0.4) is 0 Å². The molecule has 0 unspecified atom stereocenters. The number of aldehydes is 1. The highest BCUT2D eigenvalue weighted by atomic mass is 79.9. The van der Waals surface area contributed by atoms with Crippen molar-refractivity contribution in [3.8, 4) is 16.9 Å². The summed E-state index contributed by atoms with van der Waals surface area (Å²) in [5.74, 6) is -0.624. The normalized spacial score (nSPS) is 10.8. The molecule has 0 bridgehead atoms. The van der Waals surface area contributed by atoms with Crippen LogP contribution in [-0.4, -0.2) is 16.1 Å². The van der Waals surface area contributed by atoms with Gasteiger partial charge >= 0.3 is 0 Å². The van der Waals surface area contributed by atoms with Crippen LogP contribution in [0.2, 0.25) is 10.0 Å². The Bertz CT molecular complexity index is 894. The van der Waals surface area contributed by atoms with Gasteiger partial charge in [0.15, 0.2) is 6.29 Å². The summed E-state index contributed by atoms with van der Waals surface area (Å²) >= 11 is 15.2. The third kappa shape index (κ3) is 3.17. The van der Waals surface area contributed by atoms with E-state index in [1.165, 1.54) is 16.8 Å². The Balaban J connectivity index is 2.15. The number of rotatable bonds is 3. The maximum atomic E-state index is 13.7. The summed E-state index contributed by atoms with van der Waals surface area (Å²) < 4.78 is 16.2. The molecule has 0 spiro atoms. The van der Waals surface area contributed by atoms with Gasteiger partial charge in [0, 0.05) is 16.2 Å². The van der Waals surface area contributed by atoms with E-state index >= 15 is 0 Å². The van der Waals surface area contributed by atoms with Gasteiger partial charge in [-0.1, -0.05) is 39.1 Å². The lowest BCUT2D eigenvalue weighted by Crippen LogP contribution is -1.94. The molecule has 7 heteroatoms. The van der Waals surface area contributed by atoms with Gasteiger partial charge in [0.05, 0.1) is 21.3 Å². The Morgan fingerprint density at radius 1 is 1.13 bits per heavy atom. The van der Waals surface area contributed by atoms with Crippen LogP contribution in [0.25, 0.3) is 16.9 Å². The quantitative estimate of drug-likeness (QED) is 0.416. The number of hydrogen-bond acceptors (Lipinski definition) is 2. The molecule has 1 heterocycles. The molecule has 0 saturated carbocycles. The van der Waals surface area contributed by atoms with Gasteiger partial charge in [0.1, 0.15) is 11.5 Å². The van der Waals surface area contributed by atoms with Gasteiger partial charge in [-0.25, -0.2) is 9.07 Å². The van der Waals surface area contributed by atoms with Crippen LogP contribution < -0.4 is 0 Å². The van der Waals surface area contributed by atoms with Crippen molar-refractivity contribution >= 4 is 45.4 Å². The minimum absolute atomic E-state index is 0.0845.